The van der Waals surface area contributed by atoms with E-state index < -0.39 is 104 Å². The zero-order valence-corrected chi connectivity index (χ0v) is 27.4. The summed E-state index contributed by atoms with van der Waals surface area (Å²) in [5.74, 6) is -0.637. The van der Waals surface area contributed by atoms with Crippen molar-refractivity contribution in [3.8, 4) is 0 Å². The molecule has 0 bridgehead atoms. The normalized spacial score (nSPS) is 35.5. The fraction of sp³-hybridized carbons (Fsp3) is 0.524. The number of aliphatic hydroxyl groups is 1. The Bertz CT molecular complexity index is 2140. The average molecular weight is 766 g/mol. The van der Waals surface area contributed by atoms with Gasteiger partial charge >= 0.3 is 8.60 Å². The quantitative estimate of drug-likeness (QED) is 0.0983. The van der Waals surface area contributed by atoms with Crippen molar-refractivity contribution in [1.29, 1.82) is 0 Å². The zero-order valence-electron chi connectivity index (χ0n) is 24.7. The molecule has 3 aliphatic rings. The van der Waals surface area contributed by atoms with E-state index in [0.717, 1.165) is 21.8 Å². The molecular formula is C21H25N10O16P3-2. The first-order chi connectivity index (χ1) is 23.6. The largest absolute Gasteiger partial charge is 0.756 e. The molecular weight excluding hydrogens is 741 g/mol. The fourth-order valence-electron chi connectivity index (χ4n) is 5.79. The molecule has 50 heavy (non-hydrogen) atoms. The Morgan fingerprint density at radius 1 is 0.880 bits per heavy atom. The van der Waals surface area contributed by atoms with Crippen molar-refractivity contribution in [2.45, 2.75) is 55.5 Å². The minimum absolute atomic E-state index is 0.167. The van der Waals surface area contributed by atoms with Gasteiger partial charge in [0.05, 0.1) is 32.0 Å². The second kappa shape index (κ2) is 13.0. The van der Waals surface area contributed by atoms with Crippen LogP contribution in [0.3, 0.4) is 0 Å². The molecule has 3 saturated heterocycles. The summed E-state index contributed by atoms with van der Waals surface area (Å²) in [6.45, 7) is -1.74. The molecule has 26 nitrogen and oxygen atoms in total. The van der Waals surface area contributed by atoms with Gasteiger partial charge in [-0.3, -0.25) is 37.8 Å². The smallest absolute Gasteiger partial charge is 0.327 e. The molecule has 4 aromatic rings. The first kappa shape index (κ1) is 35.1. The number of hydrogen-bond acceptors (Lipinski definition) is 22. The molecule has 0 aromatic carbocycles. The van der Waals surface area contributed by atoms with Crippen LogP contribution < -0.4 is 32.4 Å². The maximum atomic E-state index is 13.3. The lowest BCUT2D eigenvalue weighted by molar-refractivity contribution is -0.236. The van der Waals surface area contributed by atoms with E-state index in [0.29, 0.717) is 0 Å². The maximum Gasteiger partial charge on any atom is 0.327 e. The first-order valence-corrected chi connectivity index (χ1v) is 18.3. The van der Waals surface area contributed by atoms with Crippen molar-refractivity contribution in [3.05, 3.63) is 33.4 Å². The fourth-order valence-corrected chi connectivity index (χ4v) is 8.12. The van der Waals surface area contributed by atoms with Crippen molar-refractivity contribution in [3.63, 3.8) is 0 Å². The number of phosphoric ester groups is 2. The number of nitrogens with one attached hydrogen (secondary N) is 2. The van der Waals surface area contributed by atoms with Gasteiger partial charge in [0.15, 0.2) is 34.8 Å². The molecule has 0 aliphatic carbocycles. The predicted octanol–water partition coefficient (Wildman–Crippen LogP) is -3.69. The van der Waals surface area contributed by atoms with Gasteiger partial charge < -0.3 is 68.2 Å². The molecule has 7 rings (SSSR count). The third kappa shape index (κ3) is 6.61. The Kier molecular flexibility index (Phi) is 9.16. The van der Waals surface area contributed by atoms with E-state index in [4.69, 9.17) is 43.6 Å². The summed E-state index contributed by atoms with van der Waals surface area (Å²) in [5, 5.41) is 11.1. The number of phosphoric acid groups is 2. The molecule has 4 unspecified atom stereocenters. The van der Waals surface area contributed by atoms with Crippen LogP contribution in [0.2, 0.25) is 0 Å². The molecule has 7 heterocycles. The molecule has 4 aromatic heterocycles. The van der Waals surface area contributed by atoms with E-state index in [-0.39, 0.29) is 34.2 Å². The Labute approximate surface area is 277 Å². The molecule has 0 radical (unpaired) electrons. The highest BCUT2D eigenvalue weighted by atomic mass is 31.2. The van der Waals surface area contributed by atoms with E-state index in [9.17, 15) is 43.4 Å². The monoisotopic (exact) mass is 766 g/mol. The Morgan fingerprint density at radius 3 is 2.02 bits per heavy atom. The molecule has 0 amide bonds. The number of aromatic amines is 2. The first-order valence-electron chi connectivity index (χ1n) is 14.2. The van der Waals surface area contributed by atoms with E-state index in [2.05, 4.69) is 29.9 Å². The second-order valence-corrected chi connectivity index (χ2v) is 14.4. The number of hydrogen-bond donors (Lipinski definition) is 7. The van der Waals surface area contributed by atoms with Gasteiger partial charge in [-0.15, -0.1) is 0 Å². The van der Waals surface area contributed by atoms with Gasteiger partial charge in [-0.25, -0.2) is 9.97 Å². The number of nitrogens with zero attached hydrogens (tertiary/aromatic N) is 6. The van der Waals surface area contributed by atoms with Gasteiger partial charge in [0.1, 0.15) is 30.5 Å². The van der Waals surface area contributed by atoms with Crippen LogP contribution in [0.4, 0.5) is 11.9 Å². The van der Waals surface area contributed by atoms with Gasteiger partial charge in [-0.05, 0) is 0 Å². The topological polar surface area (TPSA) is 385 Å². The minimum atomic E-state index is -5.48. The Balaban J connectivity index is 1.20. The van der Waals surface area contributed by atoms with Crippen molar-refractivity contribution in [1.82, 2.24) is 39.0 Å². The maximum absolute atomic E-state index is 13.3. The highest BCUT2D eigenvalue weighted by Gasteiger charge is 2.52. The number of rotatable bonds is 4. The summed E-state index contributed by atoms with van der Waals surface area (Å²) in [4.78, 5) is 90.8. The average Bonchev–Trinajstić information content (AvgIpc) is 3.77. The Morgan fingerprint density at radius 2 is 1.42 bits per heavy atom. The number of aromatic nitrogens is 8. The lowest BCUT2D eigenvalue weighted by atomic mass is 10.1. The van der Waals surface area contributed by atoms with Gasteiger partial charge in [0.2, 0.25) is 11.9 Å². The van der Waals surface area contributed by atoms with Crippen molar-refractivity contribution in [2.75, 3.05) is 24.7 Å². The lowest BCUT2D eigenvalue weighted by Crippen LogP contribution is -2.38. The molecule has 29 heteroatoms. The van der Waals surface area contributed by atoms with Gasteiger partial charge in [-0.1, -0.05) is 0 Å². The van der Waals surface area contributed by atoms with Crippen LogP contribution in [0.5, 0.6) is 0 Å². The molecule has 0 saturated carbocycles. The van der Waals surface area contributed by atoms with E-state index in [1.165, 1.54) is 0 Å². The van der Waals surface area contributed by atoms with Crippen LogP contribution in [0.25, 0.3) is 22.3 Å². The van der Waals surface area contributed by atoms with Crippen LogP contribution >= 0.6 is 24.2 Å². The van der Waals surface area contributed by atoms with Crippen LogP contribution in [-0.4, -0.2) is 104 Å². The summed E-state index contributed by atoms with van der Waals surface area (Å²) in [5.41, 5.74) is 9.07. The molecule has 272 valence electrons. The Hall–Kier alpha value is -3.29. The standard InChI is InChI=1S/C21H27N10O16P3/c22-20-26-14-8(16(33)28-20)24-4-30(14)18-10(32)11-7(44-18)3-42-50(39,40)47-12-6(1-2-41-49(37,38)46-11)43-19(13(12)45-48(35)36)31-5-25-9-15(31)27-21(23)29-17(9)34/h4-7,10-13,18-19,32,35-36H,1-3H2,(H,37,38)(H,39,40)(H3,22,26,28,33)(H3,23,27,29,34)/p-2/t6-,7-,10+,11?,12?,13+,18-,19-/m1/s1. The van der Waals surface area contributed by atoms with Crippen LogP contribution in [-0.2, 0) is 41.2 Å². The summed E-state index contributed by atoms with van der Waals surface area (Å²) >= 11 is 0. The van der Waals surface area contributed by atoms with Crippen LogP contribution in [0.15, 0.2) is 22.2 Å². The predicted molar refractivity (Wildman–Crippen MR) is 157 cm³/mol. The molecule has 3 aliphatic heterocycles. The number of ether oxygens (including phenoxy) is 2. The van der Waals surface area contributed by atoms with Gasteiger partial charge in [0, 0.05) is 6.42 Å². The highest BCUT2D eigenvalue weighted by molar-refractivity contribution is 7.46. The molecule has 10 atom stereocenters. The summed E-state index contributed by atoms with van der Waals surface area (Å²) < 4.78 is 65.8. The van der Waals surface area contributed by atoms with E-state index in [1.54, 1.807) is 0 Å². The number of anilines is 2. The number of fused-ring (bicyclic) bond motifs is 4. The van der Waals surface area contributed by atoms with Gasteiger partial charge in [0.25, 0.3) is 26.8 Å². The van der Waals surface area contributed by atoms with Crippen molar-refractivity contribution < 1.29 is 65.9 Å². The van der Waals surface area contributed by atoms with Crippen molar-refractivity contribution >= 4 is 58.5 Å². The third-order valence-corrected chi connectivity index (χ3v) is 10.2. The number of imidazole rings is 2. The summed E-state index contributed by atoms with van der Waals surface area (Å²) in [7, 11) is -14.0. The summed E-state index contributed by atoms with van der Waals surface area (Å²) in [6, 6.07) is 0. The van der Waals surface area contributed by atoms with E-state index in [1.807, 2.05) is 0 Å². The third-order valence-electron chi connectivity index (χ3n) is 7.81. The van der Waals surface area contributed by atoms with Crippen molar-refractivity contribution in [2.24, 2.45) is 0 Å². The lowest BCUT2D eigenvalue weighted by Gasteiger charge is -2.32. The minimum Gasteiger partial charge on any atom is -0.756 e. The number of nitrogen functional groups attached to an aromatic ring is 2. The summed E-state index contributed by atoms with van der Waals surface area (Å²) in [6.07, 6.45) is -11.7. The van der Waals surface area contributed by atoms with Gasteiger partial charge in [-0.2, -0.15) is 9.97 Å². The number of H-pyrrole nitrogens is 2. The second-order valence-electron chi connectivity index (χ2n) is 10.9. The number of nitrogens with two attached hydrogens (primary N) is 2. The molecule has 3 fully saturated rings. The zero-order chi connectivity index (χ0) is 35.7. The SMILES string of the molecule is Nc1nc2c(ncn2[C@@H]2O[C@@H]3COP(=O)([O-])OC4[C@@H](CCOP(=O)([O-])OC3[C@@H]2O)O[C@@H](n2cnc3c(=O)[nH]c(N)nc32)[C@H]4OP(O)O)c(=O)[nH]1. The van der Waals surface area contributed by atoms with Crippen LogP contribution in [0, 0.1) is 0 Å². The molecule has 0 spiro atoms. The van der Waals surface area contributed by atoms with Crippen LogP contribution in [0.1, 0.15) is 18.9 Å². The van der Waals surface area contributed by atoms with E-state index >= 15 is 0 Å². The highest BCUT2D eigenvalue weighted by Crippen LogP contribution is 2.52. The molecule has 9 N–H and O–H groups in total. The number of aliphatic hydroxyl groups excluding tert-OH is 1.